The van der Waals surface area contributed by atoms with Crippen LogP contribution in [0.4, 0.5) is 0 Å². The zero-order chi connectivity index (χ0) is 20.4. The second kappa shape index (κ2) is 8.74. The molecular weight excluding hydrogens is 366 g/mol. The van der Waals surface area contributed by atoms with Gasteiger partial charge in [0.15, 0.2) is 0 Å². The lowest BCUT2D eigenvalue weighted by Gasteiger charge is -2.32. The first kappa shape index (κ1) is 20.2. The number of carbonyl (C=O) groups excluding carboxylic acids is 2. The number of aromatic hydroxyl groups is 1. The van der Waals surface area contributed by atoms with Gasteiger partial charge in [-0.25, -0.2) is 0 Å². The molecule has 4 rings (SSSR count). The fourth-order valence-corrected chi connectivity index (χ4v) is 4.61. The molecule has 1 aromatic rings. The maximum absolute atomic E-state index is 12.6. The van der Waals surface area contributed by atoms with Crippen LogP contribution < -0.4 is 10.6 Å². The van der Waals surface area contributed by atoms with Crippen molar-refractivity contribution in [1.82, 2.24) is 15.5 Å². The zero-order valence-corrected chi connectivity index (χ0v) is 17.3. The number of hydrogen-bond donors (Lipinski definition) is 3. The third kappa shape index (κ3) is 5.10. The van der Waals surface area contributed by atoms with Crippen molar-refractivity contribution < 1.29 is 14.7 Å². The SMILES string of the molecule is Cc1cc(O)ccc1C(=O)NC[C@@H]1CC[C@H](CC(=O)NC2CCC2)N1CC1CC1. The summed E-state index contributed by atoms with van der Waals surface area (Å²) in [5.74, 6) is 1.02. The summed E-state index contributed by atoms with van der Waals surface area (Å²) in [7, 11) is 0. The predicted molar refractivity (Wildman–Crippen MR) is 112 cm³/mol. The van der Waals surface area contributed by atoms with Crippen LogP contribution in [0.1, 0.15) is 67.3 Å². The molecule has 2 atom stereocenters. The first-order valence-electron chi connectivity index (χ1n) is 11.1. The Kier molecular flexibility index (Phi) is 6.09. The van der Waals surface area contributed by atoms with E-state index in [1.54, 1.807) is 18.2 Å². The Morgan fingerprint density at radius 2 is 1.86 bits per heavy atom. The number of benzene rings is 1. The molecule has 1 aliphatic heterocycles. The molecule has 1 aromatic carbocycles. The van der Waals surface area contributed by atoms with Crippen LogP contribution in [0.2, 0.25) is 0 Å². The van der Waals surface area contributed by atoms with Crippen LogP contribution in [0.5, 0.6) is 5.75 Å². The molecule has 29 heavy (non-hydrogen) atoms. The van der Waals surface area contributed by atoms with Gasteiger partial charge in [-0.3, -0.25) is 14.5 Å². The Labute approximate surface area is 173 Å². The number of phenolic OH excluding ortho intramolecular Hbond substituents is 1. The monoisotopic (exact) mass is 399 g/mol. The Morgan fingerprint density at radius 1 is 1.10 bits per heavy atom. The lowest BCUT2D eigenvalue weighted by Crippen LogP contribution is -2.47. The van der Waals surface area contributed by atoms with Crippen LogP contribution in [0, 0.1) is 12.8 Å². The standard InChI is InChI=1S/C23H33N3O3/c1-15-11-20(27)9-10-21(15)23(29)24-13-19-8-7-18(26(19)14-16-5-6-16)12-22(28)25-17-3-2-4-17/h9-11,16-19,27H,2-8,12-14H2,1H3,(H,24,29)(H,25,28)/t18-,19+/m1/s1. The summed E-state index contributed by atoms with van der Waals surface area (Å²) in [5.41, 5.74) is 1.38. The minimum atomic E-state index is -0.0972. The van der Waals surface area contributed by atoms with Gasteiger partial charge >= 0.3 is 0 Å². The van der Waals surface area contributed by atoms with E-state index in [1.165, 1.54) is 19.3 Å². The molecule has 3 N–H and O–H groups in total. The first-order valence-corrected chi connectivity index (χ1v) is 11.1. The molecule has 158 valence electrons. The number of nitrogens with zero attached hydrogens (tertiary/aromatic N) is 1. The van der Waals surface area contributed by atoms with Gasteiger partial charge in [-0.15, -0.1) is 0 Å². The minimum Gasteiger partial charge on any atom is -0.508 e. The molecule has 1 heterocycles. The van der Waals surface area contributed by atoms with Gasteiger partial charge in [-0.1, -0.05) is 0 Å². The number of likely N-dealkylation sites (tertiary alicyclic amines) is 1. The maximum atomic E-state index is 12.6. The molecule has 0 aromatic heterocycles. The van der Waals surface area contributed by atoms with Crippen LogP contribution >= 0.6 is 0 Å². The minimum absolute atomic E-state index is 0.0972. The first-order chi connectivity index (χ1) is 14.0. The van der Waals surface area contributed by atoms with Crippen LogP contribution in [0.3, 0.4) is 0 Å². The van der Waals surface area contributed by atoms with E-state index in [4.69, 9.17) is 0 Å². The summed E-state index contributed by atoms with van der Waals surface area (Å²) in [6.07, 6.45) is 8.63. The molecule has 2 aliphatic carbocycles. The van der Waals surface area contributed by atoms with Crippen molar-refractivity contribution in [2.45, 2.75) is 76.4 Å². The van der Waals surface area contributed by atoms with Crippen LogP contribution in [-0.2, 0) is 4.79 Å². The van der Waals surface area contributed by atoms with E-state index in [9.17, 15) is 14.7 Å². The molecule has 6 heteroatoms. The number of phenols is 1. The number of hydrogen-bond acceptors (Lipinski definition) is 4. The van der Waals surface area contributed by atoms with E-state index < -0.39 is 0 Å². The molecule has 6 nitrogen and oxygen atoms in total. The fourth-order valence-electron chi connectivity index (χ4n) is 4.61. The largest absolute Gasteiger partial charge is 0.508 e. The summed E-state index contributed by atoms with van der Waals surface area (Å²) in [6.45, 7) is 3.48. The summed E-state index contributed by atoms with van der Waals surface area (Å²) in [4.78, 5) is 27.6. The van der Waals surface area contributed by atoms with Gasteiger partial charge < -0.3 is 15.7 Å². The summed E-state index contributed by atoms with van der Waals surface area (Å²) < 4.78 is 0. The zero-order valence-electron chi connectivity index (χ0n) is 17.3. The van der Waals surface area contributed by atoms with Crippen LogP contribution in [0.25, 0.3) is 0 Å². The topological polar surface area (TPSA) is 81.7 Å². The van der Waals surface area contributed by atoms with Crippen molar-refractivity contribution in [3.8, 4) is 5.75 Å². The second-order valence-corrected chi connectivity index (χ2v) is 9.13. The van der Waals surface area contributed by atoms with Crippen molar-refractivity contribution in [2.24, 2.45) is 5.92 Å². The average molecular weight is 400 g/mol. The average Bonchev–Trinajstić information content (AvgIpc) is 3.39. The number of carbonyl (C=O) groups is 2. The lowest BCUT2D eigenvalue weighted by molar-refractivity contribution is -0.123. The summed E-state index contributed by atoms with van der Waals surface area (Å²) in [5, 5.41) is 15.8. The van der Waals surface area contributed by atoms with Crippen LogP contribution in [-0.4, -0.2) is 53.0 Å². The van der Waals surface area contributed by atoms with E-state index in [2.05, 4.69) is 15.5 Å². The maximum Gasteiger partial charge on any atom is 0.251 e. The Morgan fingerprint density at radius 3 is 2.52 bits per heavy atom. The molecule has 3 fully saturated rings. The third-order valence-corrected chi connectivity index (χ3v) is 6.78. The highest BCUT2D eigenvalue weighted by Gasteiger charge is 2.38. The van der Waals surface area contributed by atoms with Gasteiger partial charge in [0, 0.05) is 43.2 Å². The quantitative estimate of drug-likeness (QED) is 0.628. The molecule has 0 radical (unpaired) electrons. The van der Waals surface area contributed by atoms with Crippen molar-refractivity contribution >= 4 is 11.8 Å². The van der Waals surface area contributed by atoms with E-state index >= 15 is 0 Å². The van der Waals surface area contributed by atoms with Gasteiger partial charge in [-0.05, 0) is 81.5 Å². The molecule has 0 unspecified atom stereocenters. The van der Waals surface area contributed by atoms with Gasteiger partial charge in [-0.2, -0.15) is 0 Å². The molecule has 3 aliphatic rings. The van der Waals surface area contributed by atoms with E-state index in [0.717, 1.165) is 43.7 Å². The van der Waals surface area contributed by atoms with Crippen LogP contribution in [0.15, 0.2) is 18.2 Å². The van der Waals surface area contributed by atoms with Crippen molar-refractivity contribution in [3.63, 3.8) is 0 Å². The highest BCUT2D eigenvalue weighted by molar-refractivity contribution is 5.95. The molecule has 2 saturated carbocycles. The predicted octanol–water partition coefficient (Wildman–Crippen LogP) is 2.73. The molecular formula is C23H33N3O3. The van der Waals surface area contributed by atoms with Gasteiger partial charge in [0.2, 0.25) is 5.91 Å². The summed E-state index contributed by atoms with van der Waals surface area (Å²) >= 11 is 0. The molecule has 0 spiro atoms. The number of nitrogens with one attached hydrogen (secondary N) is 2. The smallest absolute Gasteiger partial charge is 0.251 e. The number of rotatable bonds is 8. The van der Waals surface area contributed by atoms with Gasteiger partial charge in [0.1, 0.15) is 5.75 Å². The van der Waals surface area contributed by atoms with Gasteiger partial charge in [0.25, 0.3) is 5.91 Å². The normalized spacial score (nSPS) is 24.9. The Balaban J connectivity index is 1.33. The number of aryl methyl sites for hydroxylation is 1. The Hall–Kier alpha value is -2.08. The van der Waals surface area contributed by atoms with E-state index in [-0.39, 0.29) is 23.6 Å². The van der Waals surface area contributed by atoms with E-state index in [0.29, 0.717) is 30.6 Å². The molecule has 1 saturated heterocycles. The summed E-state index contributed by atoms with van der Waals surface area (Å²) in [6, 6.07) is 5.80. The van der Waals surface area contributed by atoms with Crippen molar-refractivity contribution in [1.29, 1.82) is 0 Å². The van der Waals surface area contributed by atoms with Crippen molar-refractivity contribution in [3.05, 3.63) is 29.3 Å². The highest BCUT2D eigenvalue weighted by atomic mass is 16.3. The second-order valence-electron chi connectivity index (χ2n) is 9.13. The number of amides is 2. The van der Waals surface area contributed by atoms with E-state index in [1.807, 2.05) is 6.92 Å². The lowest BCUT2D eigenvalue weighted by atomic mass is 9.93. The van der Waals surface area contributed by atoms with Crippen molar-refractivity contribution in [2.75, 3.05) is 13.1 Å². The third-order valence-electron chi connectivity index (χ3n) is 6.78. The fraction of sp³-hybridized carbons (Fsp3) is 0.652. The molecule has 0 bridgehead atoms. The van der Waals surface area contributed by atoms with Gasteiger partial charge in [0.05, 0.1) is 0 Å². The highest BCUT2D eigenvalue weighted by Crippen LogP contribution is 2.35. The Bertz CT molecular complexity index is 758. The molecule has 2 amide bonds.